The summed E-state index contributed by atoms with van der Waals surface area (Å²) in [5.74, 6) is 0.00167. The quantitative estimate of drug-likeness (QED) is 0.163. The fraction of sp³-hybridized carbons (Fsp3) is 0.219. The van der Waals surface area contributed by atoms with Crippen LogP contribution in [0.5, 0.6) is 0 Å². The van der Waals surface area contributed by atoms with Crippen LogP contribution in [0.2, 0.25) is 0 Å². The van der Waals surface area contributed by atoms with Crippen LogP contribution in [0.25, 0.3) is 0 Å². The van der Waals surface area contributed by atoms with Gasteiger partial charge in [-0.25, -0.2) is 0 Å². The molecule has 8 N–H and O–H groups in total. The maximum absolute atomic E-state index is 12.5. The average molecular weight is 533 g/mol. The smallest absolute Gasteiger partial charge is 0.344 e. The van der Waals surface area contributed by atoms with E-state index in [-0.39, 0.29) is 18.0 Å². The van der Waals surface area contributed by atoms with E-state index in [0.29, 0.717) is 25.2 Å². The minimum atomic E-state index is -4.25. The van der Waals surface area contributed by atoms with Crippen LogP contribution >= 0.6 is 0 Å². The zero-order valence-electron chi connectivity index (χ0n) is 22.0. The molecule has 4 nitrogen and oxygen atoms in total. The van der Waals surface area contributed by atoms with Crippen LogP contribution in [0.1, 0.15) is 69.7 Å². The highest BCUT2D eigenvalue weighted by Crippen LogP contribution is 2.49. The fourth-order valence-electron chi connectivity index (χ4n) is 4.94. The van der Waals surface area contributed by atoms with E-state index in [9.17, 15) is 13.2 Å². The molecule has 5 rings (SSSR count). The molecule has 39 heavy (non-hydrogen) atoms. The minimum Gasteiger partial charge on any atom is -0.344 e. The molecule has 1 aliphatic carbocycles. The second-order valence-electron chi connectivity index (χ2n) is 9.30. The molecular formula is C32H35F3N4. The molecule has 0 spiro atoms. The predicted molar refractivity (Wildman–Crippen MR) is 152 cm³/mol. The summed E-state index contributed by atoms with van der Waals surface area (Å²) in [6.07, 6.45) is -3.54. The van der Waals surface area contributed by atoms with Crippen molar-refractivity contribution < 1.29 is 13.2 Å². The third kappa shape index (κ3) is 6.63. The largest absolute Gasteiger partial charge is 0.416 e. The Kier molecular flexibility index (Phi) is 9.81. The SMILES string of the molecule is CCC(=N)C(c1ccccc1CN)c1ccccc1CN.FC(F)(F)c1ccc2c(c1)C2c1ccccc1.N. The highest BCUT2D eigenvalue weighted by atomic mass is 19.4. The van der Waals surface area contributed by atoms with Gasteiger partial charge in [0.2, 0.25) is 0 Å². The topological polar surface area (TPSA) is 111 Å². The van der Waals surface area contributed by atoms with Crippen molar-refractivity contribution in [3.63, 3.8) is 0 Å². The van der Waals surface area contributed by atoms with E-state index in [1.165, 1.54) is 6.07 Å². The van der Waals surface area contributed by atoms with Crippen molar-refractivity contribution in [3.8, 4) is 0 Å². The van der Waals surface area contributed by atoms with Crippen molar-refractivity contribution >= 4 is 5.71 Å². The molecule has 0 radical (unpaired) electrons. The van der Waals surface area contributed by atoms with Crippen molar-refractivity contribution in [1.82, 2.24) is 6.15 Å². The lowest BCUT2D eigenvalue weighted by Crippen LogP contribution is -2.18. The van der Waals surface area contributed by atoms with Crippen LogP contribution in [-0.4, -0.2) is 5.71 Å². The molecule has 1 aliphatic rings. The molecule has 204 valence electrons. The normalized spacial score (nSPS) is 13.6. The van der Waals surface area contributed by atoms with Crippen LogP contribution in [0.4, 0.5) is 13.2 Å². The number of rotatable bonds is 7. The third-order valence-electron chi connectivity index (χ3n) is 6.99. The van der Waals surface area contributed by atoms with Gasteiger partial charge in [0.05, 0.1) is 5.56 Å². The van der Waals surface area contributed by atoms with Gasteiger partial charge in [-0.3, -0.25) is 0 Å². The molecule has 0 fully saturated rings. The van der Waals surface area contributed by atoms with E-state index in [4.69, 9.17) is 16.9 Å². The highest BCUT2D eigenvalue weighted by Gasteiger charge is 2.38. The zero-order valence-corrected chi connectivity index (χ0v) is 22.0. The molecule has 0 aliphatic heterocycles. The van der Waals surface area contributed by atoms with Crippen molar-refractivity contribution in [2.45, 2.75) is 44.4 Å². The maximum Gasteiger partial charge on any atom is 0.416 e. The Morgan fingerprint density at radius 3 is 1.77 bits per heavy atom. The molecule has 0 bridgehead atoms. The number of nitrogens with two attached hydrogens (primary N) is 2. The number of alkyl halides is 3. The summed E-state index contributed by atoms with van der Waals surface area (Å²) in [5.41, 5.74) is 19.2. The van der Waals surface area contributed by atoms with Gasteiger partial charge in [-0.2, -0.15) is 13.2 Å². The molecule has 4 aromatic carbocycles. The highest BCUT2D eigenvalue weighted by molar-refractivity contribution is 5.91. The van der Waals surface area contributed by atoms with E-state index >= 15 is 0 Å². The second kappa shape index (κ2) is 12.8. The predicted octanol–water partition coefficient (Wildman–Crippen LogP) is 7.53. The Balaban J connectivity index is 0.000000214. The van der Waals surface area contributed by atoms with E-state index in [0.717, 1.165) is 45.0 Å². The lowest BCUT2D eigenvalue weighted by molar-refractivity contribution is -0.137. The molecule has 0 aromatic heterocycles. The summed E-state index contributed by atoms with van der Waals surface area (Å²) >= 11 is 0. The molecule has 1 unspecified atom stereocenters. The number of hydrogen-bond acceptors (Lipinski definition) is 4. The average Bonchev–Trinajstić information content (AvgIpc) is 3.67. The van der Waals surface area contributed by atoms with E-state index in [2.05, 4.69) is 12.1 Å². The van der Waals surface area contributed by atoms with Crippen molar-refractivity contribution in [1.29, 1.82) is 5.41 Å². The van der Waals surface area contributed by atoms with E-state index in [1.807, 2.05) is 73.7 Å². The summed E-state index contributed by atoms with van der Waals surface area (Å²) in [7, 11) is 0. The Morgan fingerprint density at radius 2 is 1.28 bits per heavy atom. The molecular weight excluding hydrogens is 497 g/mol. The van der Waals surface area contributed by atoms with Gasteiger partial charge in [-0.15, -0.1) is 0 Å². The first-order valence-electron chi connectivity index (χ1n) is 12.7. The van der Waals surface area contributed by atoms with Gasteiger partial charge in [0.25, 0.3) is 0 Å². The number of fused-ring (bicyclic) bond motifs is 1. The summed E-state index contributed by atoms with van der Waals surface area (Å²) in [4.78, 5) is 0. The Bertz CT molecular complexity index is 1350. The van der Waals surface area contributed by atoms with Gasteiger partial charge < -0.3 is 23.0 Å². The summed E-state index contributed by atoms with van der Waals surface area (Å²) in [6, 6.07) is 29.8. The lowest BCUT2D eigenvalue weighted by Gasteiger charge is -2.23. The van der Waals surface area contributed by atoms with E-state index in [1.54, 1.807) is 6.07 Å². The Hall–Kier alpha value is -3.78. The van der Waals surface area contributed by atoms with Gasteiger partial charge in [-0.1, -0.05) is 91.9 Å². The van der Waals surface area contributed by atoms with Crippen molar-refractivity contribution in [2.24, 2.45) is 11.5 Å². The van der Waals surface area contributed by atoms with E-state index < -0.39 is 11.7 Å². The first-order valence-corrected chi connectivity index (χ1v) is 12.7. The Morgan fingerprint density at radius 1 is 0.769 bits per heavy atom. The summed E-state index contributed by atoms with van der Waals surface area (Å²) in [5, 5.41) is 8.43. The minimum absolute atomic E-state index is 0. The number of benzene rings is 4. The van der Waals surface area contributed by atoms with Gasteiger partial charge in [0.1, 0.15) is 0 Å². The molecule has 7 heteroatoms. The standard InChI is InChI=1S/C18H23N3.C14H9F3.H3N/c1-2-17(21)18(15-9-5-3-7-13(15)11-19)16-10-6-4-8-14(16)12-20;15-14(16,17)10-6-7-11-12(8-10)13(11)9-4-2-1-3-5-9;/h3-10,18,21H,2,11-12,19-20H2,1H3;1-8,13H;1H3. The molecule has 0 amide bonds. The lowest BCUT2D eigenvalue weighted by atomic mass is 9.81. The van der Waals surface area contributed by atoms with Gasteiger partial charge in [0, 0.05) is 30.6 Å². The van der Waals surface area contributed by atoms with Crippen molar-refractivity contribution in [2.75, 3.05) is 0 Å². The summed E-state index contributed by atoms with van der Waals surface area (Å²) in [6.45, 7) is 2.98. The molecule has 0 saturated heterocycles. The Labute approximate surface area is 228 Å². The monoisotopic (exact) mass is 532 g/mol. The van der Waals surface area contributed by atoms with Crippen LogP contribution in [0.15, 0.2) is 97.1 Å². The van der Waals surface area contributed by atoms with Crippen LogP contribution in [0.3, 0.4) is 0 Å². The maximum atomic E-state index is 12.5. The molecule has 0 heterocycles. The molecule has 0 saturated carbocycles. The van der Waals surface area contributed by atoms with Crippen LogP contribution in [0, 0.1) is 5.41 Å². The number of halogens is 3. The number of nitrogens with one attached hydrogen (secondary N) is 1. The zero-order chi connectivity index (χ0) is 27.3. The fourth-order valence-corrected chi connectivity index (χ4v) is 4.94. The third-order valence-corrected chi connectivity index (χ3v) is 6.99. The van der Waals surface area contributed by atoms with Crippen LogP contribution < -0.4 is 17.6 Å². The summed E-state index contributed by atoms with van der Waals surface area (Å²) < 4.78 is 37.6. The molecule has 1 atom stereocenters. The van der Waals surface area contributed by atoms with Crippen molar-refractivity contribution in [3.05, 3.63) is 142 Å². The molecule has 4 aromatic rings. The first kappa shape index (κ1) is 29.8. The first-order chi connectivity index (χ1) is 18.3. The van der Waals surface area contributed by atoms with Crippen LogP contribution in [-0.2, 0) is 19.3 Å². The second-order valence-corrected chi connectivity index (χ2v) is 9.30. The van der Waals surface area contributed by atoms with Gasteiger partial charge in [-0.05, 0) is 57.5 Å². The number of hydrogen-bond donors (Lipinski definition) is 4. The van der Waals surface area contributed by atoms with Gasteiger partial charge in [0.15, 0.2) is 0 Å². The van der Waals surface area contributed by atoms with Gasteiger partial charge >= 0.3 is 6.18 Å².